The zero-order valence-electron chi connectivity index (χ0n) is 15.6. The van der Waals surface area contributed by atoms with E-state index in [1.807, 2.05) is 74.5 Å². The Morgan fingerprint density at radius 1 is 1.00 bits per heavy atom. The molecule has 4 N–H and O–H groups in total. The molecular formula is C22H24N4O. The van der Waals surface area contributed by atoms with Crippen molar-refractivity contribution >= 4 is 17.3 Å². The van der Waals surface area contributed by atoms with Gasteiger partial charge in [-0.25, -0.2) is 0 Å². The van der Waals surface area contributed by atoms with E-state index in [4.69, 9.17) is 5.73 Å². The first kappa shape index (κ1) is 18.5. The number of carbonyl (C=O) groups excluding carboxylic acids is 1. The van der Waals surface area contributed by atoms with Gasteiger partial charge in [0.15, 0.2) is 0 Å². The second-order valence-corrected chi connectivity index (χ2v) is 6.40. The van der Waals surface area contributed by atoms with E-state index >= 15 is 0 Å². The zero-order valence-corrected chi connectivity index (χ0v) is 15.6. The van der Waals surface area contributed by atoms with Crippen molar-refractivity contribution in [1.29, 1.82) is 0 Å². The van der Waals surface area contributed by atoms with Crippen molar-refractivity contribution in [2.24, 2.45) is 0 Å². The summed E-state index contributed by atoms with van der Waals surface area (Å²) in [6.45, 7) is 5.22. The average Bonchev–Trinajstić information content (AvgIpc) is 2.67. The van der Waals surface area contributed by atoms with E-state index in [1.54, 1.807) is 0 Å². The summed E-state index contributed by atoms with van der Waals surface area (Å²) >= 11 is 0. The maximum absolute atomic E-state index is 12.4. The van der Waals surface area contributed by atoms with Gasteiger partial charge in [-0.1, -0.05) is 24.3 Å². The second-order valence-electron chi connectivity index (χ2n) is 6.40. The minimum atomic E-state index is -0.118. The van der Waals surface area contributed by atoms with Gasteiger partial charge in [-0.05, 0) is 61.4 Å². The van der Waals surface area contributed by atoms with E-state index in [-0.39, 0.29) is 5.91 Å². The lowest BCUT2D eigenvalue weighted by atomic mass is 10.0. The molecule has 27 heavy (non-hydrogen) atoms. The van der Waals surface area contributed by atoms with Crippen molar-refractivity contribution in [1.82, 2.24) is 10.3 Å². The molecule has 0 radical (unpaired) electrons. The number of aromatic nitrogens is 1. The molecule has 5 nitrogen and oxygen atoms in total. The maximum atomic E-state index is 12.4. The number of carbonyl (C=O) groups is 1. The van der Waals surface area contributed by atoms with Gasteiger partial charge >= 0.3 is 0 Å². The Morgan fingerprint density at radius 2 is 1.63 bits per heavy atom. The fourth-order valence-corrected chi connectivity index (χ4v) is 2.90. The van der Waals surface area contributed by atoms with Crippen LogP contribution in [0, 0.1) is 6.92 Å². The van der Waals surface area contributed by atoms with Crippen LogP contribution in [-0.2, 0) is 6.54 Å². The lowest BCUT2D eigenvalue weighted by Gasteiger charge is -2.10. The average molecular weight is 360 g/mol. The molecule has 3 rings (SSSR count). The molecule has 0 saturated heterocycles. The fourth-order valence-electron chi connectivity index (χ4n) is 2.90. The fraction of sp³-hybridized carbons (Fsp3) is 0.182. The molecule has 0 aliphatic carbocycles. The normalized spacial score (nSPS) is 10.4. The molecule has 0 fully saturated rings. The number of benzene rings is 2. The lowest BCUT2D eigenvalue weighted by Crippen LogP contribution is -2.23. The number of rotatable bonds is 6. The highest BCUT2D eigenvalue weighted by molar-refractivity contribution is 5.94. The van der Waals surface area contributed by atoms with Gasteiger partial charge in [-0.15, -0.1) is 0 Å². The van der Waals surface area contributed by atoms with Gasteiger partial charge in [0.1, 0.15) is 0 Å². The van der Waals surface area contributed by atoms with E-state index in [2.05, 4.69) is 15.6 Å². The van der Waals surface area contributed by atoms with Gasteiger partial charge < -0.3 is 16.4 Å². The standard InChI is InChI=1S/C22H24N4O/c1-3-24-20-12-15(2)26-21(13-20)14-25-22(27)18-6-4-16(5-7-18)17-8-10-19(23)11-9-17/h4-13H,3,14,23H2,1-2H3,(H,24,26)(H,25,27). The summed E-state index contributed by atoms with van der Waals surface area (Å²) < 4.78 is 0. The Kier molecular flexibility index (Phi) is 5.71. The van der Waals surface area contributed by atoms with E-state index in [9.17, 15) is 4.79 Å². The van der Waals surface area contributed by atoms with Crippen LogP contribution < -0.4 is 16.4 Å². The molecule has 138 valence electrons. The molecule has 1 aromatic heterocycles. The molecule has 0 bridgehead atoms. The molecule has 0 unspecified atom stereocenters. The van der Waals surface area contributed by atoms with E-state index in [0.29, 0.717) is 12.1 Å². The number of nitrogen functional groups attached to an aromatic ring is 1. The second kappa shape index (κ2) is 8.36. The van der Waals surface area contributed by atoms with Gasteiger partial charge in [0, 0.05) is 29.2 Å². The summed E-state index contributed by atoms with van der Waals surface area (Å²) in [6, 6.07) is 19.2. The molecule has 3 aromatic rings. The molecule has 1 amide bonds. The summed E-state index contributed by atoms with van der Waals surface area (Å²) in [4.78, 5) is 16.9. The molecule has 0 spiro atoms. The van der Waals surface area contributed by atoms with Gasteiger partial charge in [0.2, 0.25) is 0 Å². The Labute approximate surface area is 159 Å². The highest BCUT2D eigenvalue weighted by Gasteiger charge is 2.07. The smallest absolute Gasteiger partial charge is 0.251 e. The van der Waals surface area contributed by atoms with Gasteiger partial charge in [-0.3, -0.25) is 9.78 Å². The van der Waals surface area contributed by atoms with Crippen LogP contribution in [0.25, 0.3) is 11.1 Å². The van der Waals surface area contributed by atoms with Crippen molar-refractivity contribution < 1.29 is 4.79 Å². The maximum Gasteiger partial charge on any atom is 0.251 e. The van der Waals surface area contributed by atoms with Crippen molar-refractivity contribution in [3.63, 3.8) is 0 Å². The Bertz CT molecular complexity index is 918. The third-order valence-electron chi connectivity index (χ3n) is 4.21. The van der Waals surface area contributed by atoms with Crippen LogP contribution in [0.2, 0.25) is 0 Å². The van der Waals surface area contributed by atoms with Crippen molar-refractivity contribution in [2.75, 3.05) is 17.6 Å². The first-order valence-electron chi connectivity index (χ1n) is 9.01. The van der Waals surface area contributed by atoms with Crippen LogP contribution in [0.4, 0.5) is 11.4 Å². The molecule has 1 heterocycles. The quantitative estimate of drug-likeness (QED) is 0.581. The lowest BCUT2D eigenvalue weighted by molar-refractivity contribution is 0.0950. The number of pyridine rings is 1. The predicted molar refractivity (Wildman–Crippen MR) is 111 cm³/mol. The number of aryl methyl sites for hydroxylation is 1. The van der Waals surface area contributed by atoms with E-state index in [1.165, 1.54) is 0 Å². The van der Waals surface area contributed by atoms with Crippen LogP contribution in [0.1, 0.15) is 28.7 Å². The summed E-state index contributed by atoms with van der Waals surface area (Å²) in [7, 11) is 0. The molecule has 0 aliphatic rings. The number of anilines is 2. The van der Waals surface area contributed by atoms with Crippen LogP contribution in [0.5, 0.6) is 0 Å². The van der Waals surface area contributed by atoms with Gasteiger partial charge in [-0.2, -0.15) is 0 Å². The van der Waals surface area contributed by atoms with Crippen molar-refractivity contribution in [3.05, 3.63) is 77.6 Å². The van der Waals surface area contributed by atoms with E-state index in [0.717, 1.165) is 40.4 Å². The highest BCUT2D eigenvalue weighted by Crippen LogP contribution is 2.21. The van der Waals surface area contributed by atoms with E-state index < -0.39 is 0 Å². The summed E-state index contributed by atoms with van der Waals surface area (Å²) in [5.74, 6) is -0.118. The molecule has 0 aliphatic heterocycles. The molecule has 5 heteroatoms. The number of nitrogens with one attached hydrogen (secondary N) is 2. The largest absolute Gasteiger partial charge is 0.399 e. The molecule has 0 atom stereocenters. The zero-order chi connectivity index (χ0) is 19.2. The Hall–Kier alpha value is -3.34. The topological polar surface area (TPSA) is 80.0 Å². The Balaban J connectivity index is 1.65. The number of nitrogens with zero attached hydrogens (tertiary/aromatic N) is 1. The summed E-state index contributed by atoms with van der Waals surface area (Å²) in [5.41, 5.74) is 12.0. The van der Waals surface area contributed by atoms with Crippen molar-refractivity contribution in [2.45, 2.75) is 20.4 Å². The van der Waals surface area contributed by atoms with Gasteiger partial charge in [0.05, 0.1) is 12.2 Å². The predicted octanol–water partition coefficient (Wildman–Crippen LogP) is 4.00. The number of nitrogens with two attached hydrogens (primary N) is 1. The first-order valence-corrected chi connectivity index (χ1v) is 9.01. The molecular weight excluding hydrogens is 336 g/mol. The van der Waals surface area contributed by atoms with Crippen LogP contribution in [0.3, 0.4) is 0 Å². The number of hydrogen-bond donors (Lipinski definition) is 3. The van der Waals surface area contributed by atoms with Crippen LogP contribution in [-0.4, -0.2) is 17.4 Å². The minimum Gasteiger partial charge on any atom is -0.399 e. The first-order chi connectivity index (χ1) is 13.0. The number of hydrogen-bond acceptors (Lipinski definition) is 4. The Morgan fingerprint density at radius 3 is 2.26 bits per heavy atom. The molecule has 2 aromatic carbocycles. The highest BCUT2D eigenvalue weighted by atomic mass is 16.1. The SMILES string of the molecule is CCNc1cc(C)nc(CNC(=O)c2ccc(-c3ccc(N)cc3)cc2)c1. The molecule has 0 saturated carbocycles. The van der Waals surface area contributed by atoms with Crippen LogP contribution >= 0.6 is 0 Å². The third kappa shape index (κ3) is 4.85. The number of amides is 1. The van der Waals surface area contributed by atoms with Crippen LogP contribution in [0.15, 0.2) is 60.7 Å². The third-order valence-corrected chi connectivity index (χ3v) is 4.21. The van der Waals surface area contributed by atoms with Crippen molar-refractivity contribution in [3.8, 4) is 11.1 Å². The summed E-state index contributed by atoms with van der Waals surface area (Å²) in [6.07, 6.45) is 0. The monoisotopic (exact) mass is 360 g/mol. The van der Waals surface area contributed by atoms with Gasteiger partial charge in [0.25, 0.3) is 5.91 Å². The minimum absolute atomic E-state index is 0.118. The summed E-state index contributed by atoms with van der Waals surface area (Å²) in [5, 5.41) is 6.21.